The summed E-state index contributed by atoms with van der Waals surface area (Å²) in [6, 6.07) is 8.66. The lowest BCUT2D eigenvalue weighted by Gasteiger charge is -2.00. The Bertz CT molecular complexity index is 544. The van der Waals surface area contributed by atoms with Crippen molar-refractivity contribution in [3.05, 3.63) is 40.0 Å². The Morgan fingerprint density at radius 1 is 1.21 bits per heavy atom. The Morgan fingerprint density at radius 2 is 2.00 bits per heavy atom. The zero-order valence-corrected chi connectivity index (χ0v) is 8.47. The molecule has 0 aliphatic rings. The van der Waals surface area contributed by atoms with Crippen molar-refractivity contribution in [1.29, 1.82) is 5.26 Å². The number of nitriles is 1. The van der Waals surface area contributed by atoms with Gasteiger partial charge in [0.05, 0.1) is 10.5 Å². The number of halogens is 2. The summed E-state index contributed by atoms with van der Waals surface area (Å²) in [7, 11) is 0. The Labute approximate surface area is 90.7 Å². The van der Waals surface area contributed by atoms with Crippen LogP contribution in [0.3, 0.4) is 0 Å². The lowest BCUT2D eigenvalue weighted by Crippen LogP contribution is -1.85. The number of pyridine rings is 1. The lowest BCUT2D eigenvalue weighted by atomic mass is 10.2. The van der Waals surface area contributed by atoms with Crippen molar-refractivity contribution >= 4 is 34.1 Å². The Morgan fingerprint density at radius 3 is 2.71 bits per heavy atom. The Kier molecular flexibility index (Phi) is 2.28. The van der Waals surface area contributed by atoms with E-state index in [0.717, 1.165) is 5.39 Å². The molecule has 0 unspecified atom stereocenters. The van der Waals surface area contributed by atoms with E-state index in [1.54, 1.807) is 18.2 Å². The molecule has 14 heavy (non-hydrogen) atoms. The third kappa shape index (κ3) is 1.52. The van der Waals surface area contributed by atoms with Crippen LogP contribution in [0.15, 0.2) is 24.3 Å². The monoisotopic (exact) mass is 222 g/mol. The standard InChI is InChI=1S/C10H4Cl2N2/c11-6-1-2-10-8(3-6)9(12)4-7(5-13)14-10/h1-4H. The summed E-state index contributed by atoms with van der Waals surface area (Å²) in [5.74, 6) is 0. The molecule has 68 valence electrons. The molecule has 1 heterocycles. The highest BCUT2D eigenvalue weighted by Gasteiger charge is 2.03. The van der Waals surface area contributed by atoms with Crippen LogP contribution in [0, 0.1) is 11.3 Å². The van der Waals surface area contributed by atoms with Gasteiger partial charge in [0.15, 0.2) is 0 Å². The normalized spacial score (nSPS) is 10.1. The Balaban J connectivity index is 2.84. The number of nitrogens with zero attached hydrogens (tertiary/aromatic N) is 2. The summed E-state index contributed by atoms with van der Waals surface area (Å²) < 4.78 is 0. The smallest absolute Gasteiger partial charge is 0.142 e. The van der Waals surface area contributed by atoms with E-state index in [2.05, 4.69) is 4.98 Å². The van der Waals surface area contributed by atoms with Crippen LogP contribution in [0.4, 0.5) is 0 Å². The first-order valence-corrected chi connectivity index (χ1v) is 4.62. The van der Waals surface area contributed by atoms with Crippen molar-refractivity contribution < 1.29 is 0 Å². The Hall–Kier alpha value is -1.30. The van der Waals surface area contributed by atoms with Crippen molar-refractivity contribution in [2.45, 2.75) is 0 Å². The second-order valence-corrected chi connectivity index (χ2v) is 3.61. The third-order valence-corrected chi connectivity index (χ3v) is 2.38. The summed E-state index contributed by atoms with van der Waals surface area (Å²) in [6.07, 6.45) is 0. The minimum atomic E-state index is 0.310. The molecule has 0 atom stereocenters. The number of benzene rings is 1. The molecular formula is C10H4Cl2N2. The lowest BCUT2D eigenvalue weighted by molar-refractivity contribution is 1.32. The topological polar surface area (TPSA) is 36.7 Å². The van der Waals surface area contributed by atoms with Crippen LogP contribution >= 0.6 is 23.2 Å². The second kappa shape index (κ2) is 3.45. The minimum absolute atomic E-state index is 0.310. The predicted molar refractivity (Wildman–Crippen MR) is 56.5 cm³/mol. The van der Waals surface area contributed by atoms with E-state index in [-0.39, 0.29) is 0 Å². The molecule has 0 spiro atoms. The SMILES string of the molecule is N#Cc1cc(Cl)c2cc(Cl)ccc2n1. The molecule has 2 nitrogen and oxygen atoms in total. The average Bonchev–Trinajstić information content (AvgIpc) is 2.19. The molecular weight excluding hydrogens is 219 g/mol. The molecule has 2 aromatic rings. The maximum Gasteiger partial charge on any atom is 0.142 e. The predicted octanol–water partition coefficient (Wildman–Crippen LogP) is 3.41. The molecule has 1 aromatic heterocycles. The van der Waals surface area contributed by atoms with Gasteiger partial charge < -0.3 is 0 Å². The van der Waals surface area contributed by atoms with Gasteiger partial charge in [0.2, 0.25) is 0 Å². The van der Waals surface area contributed by atoms with Crippen LogP contribution in [0.5, 0.6) is 0 Å². The van der Waals surface area contributed by atoms with Gasteiger partial charge in [-0.15, -0.1) is 0 Å². The van der Waals surface area contributed by atoms with Gasteiger partial charge >= 0.3 is 0 Å². The maximum atomic E-state index is 8.68. The van der Waals surface area contributed by atoms with Crippen LogP contribution in [0.1, 0.15) is 5.69 Å². The summed E-state index contributed by atoms with van der Waals surface area (Å²) in [5.41, 5.74) is 0.989. The molecule has 1 aromatic carbocycles. The zero-order valence-electron chi connectivity index (χ0n) is 6.96. The molecule has 2 rings (SSSR count). The summed E-state index contributed by atoms with van der Waals surface area (Å²) in [4.78, 5) is 4.09. The number of aromatic nitrogens is 1. The van der Waals surface area contributed by atoms with Crippen LogP contribution < -0.4 is 0 Å². The minimum Gasteiger partial charge on any atom is -0.237 e. The maximum absolute atomic E-state index is 8.68. The van der Waals surface area contributed by atoms with E-state index in [0.29, 0.717) is 21.3 Å². The van der Waals surface area contributed by atoms with E-state index >= 15 is 0 Å². The first-order chi connectivity index (χ1) is 6.70. The van der Waals surface area contributed by atoms with E-state index in [4.69, 9.17) is 28.5 Å². The quantitative estimate of drug-likeness (QED) is 0.686. The van der Waals surface area contributed by atoms with Crippen LogP contribution in [-0.4, -0.2) is 4.98 Å². The fraction of sp³-hybridized carbons (Fsp3) is 0. The molecule has 0 radical (unpaired) electrons. The molecule has 0 fully saturated rings. The van der Waals surface area contributed by atoms with Gasteiger partial charge in [-0.3, -0.25) is 0 Å². The highest BCUT2D eigenvalue weighted by atomic mass is 35.5. The van der Waals surface area contributed by atoms with Gasteiger partial charge in [-0.1, -0.05) is 23.2 Å². The number of hydrogen-bond acceptors (Lipinski definition) is 2. The molecule has 0 amide bonds. The van der Waals surface area contributed by atoms with Crippen molar-refractivity contribution in [3.8, 4) is 6.07 Å². The van der Waals surface area contributed by atoms with Crippen molar-refractivity contribution in [1.82, 2.24) is 4.98 Å². The number of rotatable bonds is 0. The van der Waals surface area contributed by atoms with E-state index in [9.17, 15) is 0 Å². The zero-order chi connectivity index (χ0) is 10.1. The number of hydrogen-bond donors (Lipinski definition) is 0. The van der Waals surface area contributed by atoms with Crippen molar-refractivity contribution in [3.63, 3.8) is 0 Å². The first kappa shape index (κ1) is 9.26. The van der Waals surface area contributed by atoms with Gasteiger partial charge in [0, 0.05) is 10.4 Å². The van der Waals surface area contributed by atoms with Crippen molar-refractivity contribution in [2.75, 3.05) is 0 Å². The fourth-order valence-corrected chi connectivity index (χ4v) is 1.64. The first-order valence-electron chi connectivity index (χ1n) is 3.86. The van der Waals surface area contributed by atoms with Gasteiger partial charge in [-0.2, -0.15) is 5.26 Å². The molecule has 0 aliphatic heterocycles. The fourth-order valence-electron chi connectivity index (χ4n) is 1.21. The molecule has 0 saturated carbocycles. The highest BCUT2D eigenvalue weighted by molar-refractivity contribution is 6.36. The number of fused-ring (bicyclic) bond motifs is 1. The summed E-state index contributed by atoms with van der Waals surface area (Å²) in [5, 5.41) is 10.5. The van der Waals surface area contributed by atoms with Crippen LogP contribution in [0.2, 0.25) is 10.0 Å². The molecule has 0 aliphatic carbocycles. The van der Waals surface area contributed by atoms with Crippen LogP contribution in [-0.2, 0) is 0 Å². The van der Waals surface area contributed by atoms with E-state index < -0.39 is 0 Å². The van der Waals surface area contributed by atoms with Crippen LogP contribution in [0.25, 0.3) is 10.9 Å². The molecule has 4 heteroatoms. The molecule has 0 bridgehead atoms. The van der Waals surface area contributed by atoms with Gasteiger partial charge in [-0.25, -0.2) is 4.98 Å². The summed E-state index contributed by atoms with van der Waals surface area (Å²) >= 11 is 11.8. The van der Waals surface area contributed by atoms with E-state index in [1.807, 2.05) is 6.07 Å². The van der Waals surface area contributed by atoms with E-state index in [1.165, 1.54) is 6.07 Å². The van der Waals surface area contributed by atoms with Gasteiger partial charge in [-0.05, 0) is 24.3 Å². The average molecular weight is 223 g/mol. The van der Waals surface area contributed by atoms with Gasteiger partial charge in [0.25, 0.3) is 0 Å². The van der Waals surface area contributed by atoms with Crippen molar-refractivity contribution in [2.24, 2.45) is 0 Å². The van der Waals surface area contributed by atoms with Gasteiger partial charge in [0.1, 0.15) is 11.8 Å². The third-order valence-electron chi connectivity index (χ3n) is 1.83. The largest absolute Gasteiger partial charge is 0.237 e. The summed E-state index contributed by atoms with van der Waals surface area (Å²) in [6.45, 7) is 0. The molecule has 0 saturated heterocycles. The molecule has 0 N–H and O–H groups in total. The highest BCUT2D eigenvalue weighted by Crippen LogP contribution is 2.25. The second-order valence-electron chi connectivity index (χ2n) is 2.76.